The highest BCUT2D eigenvalue weighted by molar-refractivity contribution is 5.23. The number of halogens is 2. The molecule has 6 nitrogen and oxygen atoms in total. The average Bonchev–Trinajstić information content (AvgIpc) is 3.29. The third-order valence-corrected chi connectivity index (χ3v) is 11.1. The van der Waals surface area contributed by atoms with Crippen molar-refractivity contribution in [2.24, 2.45) is 23.7 Å². The van der Waals surface area contributed by atoms with Gasteiger partial charge in [0.1, 0.15) is 17.5 Å². The van der Waals surface area contributed by atoms with E-state index < -0.39 is 0 Å². The van der Waals surface area contributed by atoms with Gasteiger partial charge < -0.3 is 14.2 Å². The van der Waals surface area contributed by atoms with E-state index in [4.69, 9.17) is 14.2 Å². The first kappa shape index (κ1) is 59.6. The predicted molar refractivity (Wildman–Crippen MR) is 274 cm³/mol. The summed E-state index contributed by atoms with van der Waals surface area (Å²) in [5.74, 6) is 4.01. The maximum atomic E-state index is 12.6. The van der Waals surface area contributed by atoms with Crippen molar-refractivity contribution in [3.63, 3.8) is 0 Å². The Morgan fingerprint density at radius 1 is 0.394 bits per heavy atom. The van der Waals surface area contributed by atoms with E-state index in [-0.39, 0.29) is 17.9 Å². The van der Waals surface area contributed by atoms with Gasteiger partial charge in [0.15, 0.2) is 6.29 Å². The molecule has 8 heteroatoms. The van der Waals surface area contributed by atoms with Crippen LogP contribution in [0.2, 0.25) is 0 Å². The van der Waals surface area contributed by atoms with E-state index in [0.717, 1.165) is 65.8 Å². The maximum Gasteiger partial charge on any atom is 0.154 e. The SMILES string of the molecule is CC1CCC(C)CC1.CC1CCC(C)OC1.CC1COC(C)OC1.Cc1ccc(C)c(F)c1.Cc1ccc(C)c(F)c1.Cc1ccc(C)cc1.Cc1ccc(C)nc1.Cc1cnc(C)nc1. The number of hydrogen-bond acceptors (Lipinski definition) is 6. The second kappa shape index (κ2) is 34.0. The van der Waals surface area contributed by atoms with Crippen LogP contribution in [0.1, 0.15) is 136 Å². The monoisotopic (exact) mass is 912 g/mol. The molecule has 366 valence electrons. The number of benzene rings is 3. The van der Waals surface area contributed by atoms with Crippen molar-refractivity contribution in [1.82, 2.24) is 15.0 Å². The normalized spacial score (nSPS) is 20.5. The lowest BCUT2D eigenvalue weighted by Gasteiger charge is -2.24. The Morgan fingerprint density at radius 3 is 1.08 bits per heavy atom. The molecule has 3 aromatic carbocycles. The Morgan fingerprint density at radius 2 is 0.773 bits per heavy atom. The number of aryl methyl sites for hydroxylation is 10. The molecular formula is C58H87F2N3O3. The maximum absolute atomic E-state index is 12.6. The van der Waals surface area contributed by atoms with Crippen LogP contribution in [0.15, 0.2) is 91.4 Å². The number of pyridine rings is 1. The zero-order valence-electron chi connectivity index (χ0n) is 43.8. The van der Waals surface area contributed by atoms with Gasteiger partial charge in [-0.15, -0.1) is 0 Å². The van der Waals surface area contributed by atoms with Crippen LogP contribution in [0.3, 0.4) is 0 Å². The van der Waals surface area contributed by atoms with Gasteiger partial charge >= 0.3 is 0 Å². The highest BCUT2D eigenvalue weighted by Gasteiger charge is 2.15. The van der Waals surface area contributed by atoms with Gasteiger partial charge in [-0.1, -0.05) is 119 Å². The number of nitrogens with zero attached hydrogens (tertiary/aromatic N) is 3. The highest BCUT2D eigenvalue weighted by atomic mass is 19.1. The molecule has 0 amide bonds. The van der Waals surface area contributed by atoms with Crippen molar-refractivity contribution >= 4 is 0 Å². The first-order chi connectivity index (χ1) is 31.1. The van der Waals surface area contributed by atoms with E-state index in [9.17, 15) is 8.78 Å². The fourth-order valence-corrected chi connectivity index (χ4v) is 6.17. The standard InChI is InChI=1S/2C8H9F.C8H16.C8H10.C7H9N.C7H14O.C6H8N2.C6H12O2/c2*1-6-3-4-7(2)8(9)5-6;2*1-7-3-5-8(2)6-4-7;2*1-6-3-4-7(2)8-5-6;2*1-5-3-7-6(2)8-4-5/h2*3-5H,1-2H3;7-8H,3-6H2,1-2H3;3-6H,1-2H3;3-5H,1-2H3;6-7H,3-5H2,1-2H3;3-4H,1-2H3;5-6H,3-4H2,1-2H3. The Hall–Kier alpha value is -4.37. The third-order valence-electron chi connectivity index (χ3n) is 11.1. The van der Waals surface area contributed by atoms with Crippen LogP contribution in [0, 0.1) is 105 Å². The predicted octanol–water partition coefficient (Wildman–Crippen LogP) is 15.6. The zero-order chi connectivity index (χ0) is 49.6. The fourth-order valence-electron chi connectivity index (χ4n) is 6.17. The molecule has 0 N–H and O–H groups in total. The first-order valence-corrected chi connectivity index (χ1v) is 24.1. The topological polar surface area (TPSA) is 66.4 Å². The Bertz CT molecular complexity index is 1670. The molecule has 3 fully saturated rings. The second-order valence-electron chi connectivity index (χ2n) is 19.0. The zero-order valence-corrected chi connectivity index (χ0v) is 43.8. The first-order valence-electron chi connectivity index (χ1n) is 24.1. The van der Waals surface area contributed by atoms with E-state index in [1.165, 1.54) is 67.3 Å². The number of hydrogen-bond donors (Lipinski definition) is 0. The molecule has 5 aromatic rings. The van der Waals surface area contributed by atoms with E-state index in [1.807, 2.05) is 85.3 Å². The molecule has 3 aliphatic rings. The van der Waals surface area contributed by atoms with Gasteiger partial charge in [-0.3, -0.25) is 4.98 Å². The van der Waals surface area contributed by atoms with Gasteiger partial charge in [0.2, 0.25) is 0 Å². The summed E-state index contributed by atoms with van der Waals surface area (Å²) in [6.07, 6.45) is 14.5. The Labute approximate surface area is 400 Å². The molecule has 0 spiro atoms. The van der Waals surface area contributed by atoms with Crippen molar-refractivity contribution < 1.29 is 23.0 Å². The molecular weight excluding hydrogens is 825 g/mol. The molecule has 2 unspecified atom stereocenters. The van der Waals surface area contributed by atoms with Crippen LogP contribution < -0.4 is 0 Å². The molecule has 1 saturated carbocycles. The van der Waals surface area contributed by atoms with Gasteiger partial charge in [-0.2, -0.15) is 0 Å². The van der Waals surface area contributed by atoms with Gasteiger partial charge in [0.25, 0.3) is 0 Å². The van der Waals surface area contributed by atoms with Gasteiger partial charge in [0.05, 0.1) is 19.3 Å². The molecule has 2 atom stereocenters. The lowest BCUT2D eigenvalue weighted by atomic mass is 9.84. The van der Waals surface area contributed by atoms with Crippen molar-refractivity contribution in [3.05, 3.63) is 159 Å². The summed E-state index contributed by atoms with van der Waals surface area (Å²) >= 11 is 0. The lowest BCUT2D eigenvalue weighted by Crippen LogP contribution is -2.27. The minimum Gasteiger partial charge on any atom is -0.378 e. The van der Waals surface area contributed by atoms with E-state index in [1.54, 1.807) is 26.0 Å². The van der Waals surface area contributed by atoms with Gasteiger partial charge in [-0.25, -0.2) is 18.7 Å². The minimum atomic E-state index is -0.116. The number of ether oxygens (including phenoxy) is 3. The lowest BCUT2D eigenvalue weighted by molar-refractivity contribution is -0.187. The molecule has 66 heavy (non-hydrogen) atoms. The van der Waals surface area contributed by atoms with Gasteiger partial charge in [0, 0.05) is 36.8 Å². The smallest absolute Gasteiger partial charge is 0.154 e. The van der Waals surface area contributed by atoms with E-state index in [0.29, 0.717) is 23.1 Å². The summed E-state index contributed by atoms with van der Waals surface area (Å²) in [4.78, 5) is 12.0. The Balaban J connectivity index is 0.000000377. The van der Waals surface area contributed by atoms with Crippen LogP contribution in [-0.4, -0.2) is 47.2 Å². The van der Waals surface area contributed by atoms with Gasteiger partial charge in [-0.05, 0) is 165 Å². The van der Waals surface area contributed by atoms with Crippen LogP contribution >= 0.6 is 0 Å². The summed E-state index contributed by atoms with van der Waals surface area (Å²) in [7, 11) is 0. The quantitative estimate of drug-likeness (QED) is 0.154. The van der Waals surface area contributed by atoms with Crippen LogP contribution in [0.5, 0.6) is 0 Å². The van der Waals surface area contributed by atoms with Crippen molar-refractivity contribution in [3.8, 4) is 0 Å². The van der Waals surface area contributed by atoms with Crippen molar-refractivity contribution in [1.29, 1.82) is 0 Å². The number of rotatable bonds is 0. The minimum absolute atomic E-state index is 0.0196. The highest BCUT2D eigenvalue weighted by Crippen LogP contribution is 2.27. The fraction of sp³-hybridized carbons (Fsp3) is 0.534. The average molecular weight is 912 g/mol. The molecule has 4 heterocycles. The molecule has 2 aliphatic heterocycles. The van der Waals surface area contributed by atoms with E-state index >= 15 is 0 Å². The molecule has 0 bridgehead atoms. The molecule has 1 aliphatic carbocycles. The third kappa shape index (κ3) is 30.8. The van der Waals surface area contributed by atoms with E-state index in [2.05, 4.69) is 93.7 Å². The summed E-state index contributed by atoms with van der Waals surface area (Å²) in [6.45, 7) is 35.2. The summed E-state index contributed by atoms with van der Waals surface area (Å²) < 4.78 is 40.9. The van der Waals surface area contributed by atoms with Crippen LogP contribution in [0.25, 0.3) is 0 Å². The molecule has 8 rings (SSSR count). The number of aromatic nitrogens is 3. The summed E-state index contributed by atoms with van der Waals surface area (Å²) in [5, 5.41) is 0. The second-order valence-corrected chi connectivity index (χ2v) is 19.0. The summed E-state index contributed by atoms with van der Waals surface area (Å²) in [6, 6.07) is 23.0. The van der Waals surface area contributed by atoms with Crippen molar-refractivity contribution in [2.45, 2.75) is 162 Å². The van der Waals surface area contributed by atoms with Crippen LogP contribution in [-0.2, 0) is 14.2 Å². The molecule has 0 radical (unpaired) electrons. The summed E-state index contributed by atoms with van der Waals surface area (Å²) in [5.41, 5.74) is 9.42. The van der Waals surface area contributed by atoms with Crippen LogP contribution in [0.4, 0.5) is 8.78 Å². The van der Waals surface area contributed by atoms with Crippen molar-refractivity contribution in [2.75, 3.05) is 19.8 Å². The largest absolute Gasteiger partial charge is 0.378 e. The Kier molecular flexibility index (Phi) is 30.7. The molecule has 2 aromatic heterocycles. The molecule has 2 saturated heterocycles.